The van der Waals surface area contributed by atoms with Crippen molar-refractivity contribution in [3.05, 3.63) is 23.8 Å². The van der Waals surface area contributed by atoms with E-state index in [0.717, 1.165) is 0 Å². The topological polar surface area (TPSA) is 200 Å². The van der Waals surface area contributed by atoms with Crippen molar-refractivity contribution in [2.75, 3.05) is 17.6 Å². The molecule has 0 aliphatic rings. The van der Waals surface area contributed by atoms with Crippen LogP contribution >= 0.6 is 0 Å². The van der Waals surface area contributed by atoms with E-state index in [4.69, 9.17) is 17.2 Å². The van der Waals surface area contributed by atoms with Crippen molar-refractivity contribution < 1.29 is 29.0 Å². The molecule has 0 aliphatic carbocycles. The van der Waals surface area contributed by atoms with Crippen LogP contribution in [0.15, 0.2) is 18.2 Å². The maximum Gasteiger partial charge on any atom is 0.412 e. The molecule has 0 fully saturated rings. The van der Waals surface area contributed by atoms with Crippen LogP contribution in [0.2, 0.25) is 0 Å². The van der Waals surface area contributed by atoms with Gasteiger partial charge in [0.2, 0.25) is 0 Å². The van der Waals surface area contributed by atoms with Crippen LogP contribution in [0, 0.1) is 0 Å². The molecule has 0 unspecified atom stereocenters. The van der Waals surface area contributed by atoms with Gasteiger partial charge in [0.05, 0.1) is 11.3 Å². The van der Waals surface area contributed by atoms with Gasteiger partial charge in [-0.15, -0.1) is 0 Å². The molecule has 11 heteroatoms. The average molecular weight is 353 g/mol. The zero-order valence-electron chi connectivity index (χ0n) is 13.2. The predicted octanol–water partition coefficient (Wildman–Crippen LogP) is -0.182. The summed E-state index contributed by atoms with van der Waals surface area (Å²) in [5.74, 6) is -2.23. The maximum absolute atomic E-state index is 11.9. The van der Waals surface area contributed by atoms with Crippen molar-refractivity contribution >= 4 is 35.4 Å². The number of hydrogen-bond donors (Lipinski definition) is 6. The number of nitrogens with two attached hydrogens (primary N) is 3. The first-order valence-corrected chi connectivity index (χ1v) is 7.14. The fraction of sp³-hybridized carbons (Fsp3) is 0.286. The molecule has 11 nitrogen and oxygen atoms in total. The second kappa shape index (κ2) is 8.96. The third-order valence-electron chi connectivity index (χ3n) is 3.05. The molecular formula is C14H19N5O6. The maximum atomic E-state index is 11.9. The van der Waals surface area contributed by atoms with E-state index in [0.29, 0.717) is 6.42 Å². The molecule has 0 saturated heterocycles. The zero-order valence-corrected chi connectivity index (χ0v) is 13.2. The fourth-order valence-electron chi connectivity index (χ4n) is 1.97. The highest BCUT2D eigenvalue weighted by atomic mass is 16.6. The minimum atomic E-state index is -1.29. The Morgan fingerprint density at radius 3 is 2.44 bits per heavy atom. The van der Waals surface area contributed by atoms with Crippen LogP contribution in [0.1, 0.15) is 23.2 Å². The summed E-state index contributed by atoms with van der Waals surface area (Å²) in [7, 11) is 0. The van der Waals surface area contributed by atoms with Crippen LogP contribution in [0.3, 0.4) is 0 Å². The first-order valence-electron chi connectivity index (χ1n) is 7.14. The van der Waals surface area contributed by atoms with Crippen molar-refractivity contribution in [3.63, 3.8) is 0 Å². The summed E-state index contributed by atoms with van der Waals surface area (Å²) in [4.78, 5) is 44.5. The molecule has 1 aromatic rings. The molecule has 0 saturated carbocycles. The largest absolute Gasteiger partial charge is 0.480 e. The summed E-state index contributed by atoms with van der Waals surface area (Å²) in [5.41, 5.74) is 15.6. The van der Waals surface area contributed by atoms with Gasteiger partial charge in [0.15, 0.2) is 0 Å². The van der Waals surface area contributed by atoms with Gasteiger partial charge in [-0.25, -0.2) is 19.2 Å². The van der Waals surface area contributed by atoms with Gasteiger partial charge in [0.1, 0.15) is 6.04 Å². The van der Waals surface area contributed by atoms with Gasteiger partial charge >= 0.3 is 24.1 Å². The molecule has 0 heterocycles. The van der Waals surface area contributed by atoms with Crippen molar-refractivity contribution in [1.82, 2.24) is 5.32 Å². The number of hydrogen-bond acceptors (Lipinski definition) is 7. The molecule has 1 rings (SSSR count). The predicted molar refractivity (Wildman–Crippen MR) is 87.7 cm³/mol. The van der Waals surface area contributed by atoms with Gasteiger partial charge in [0.25, 0.3) is 0 Å². The lowest BCUT2D eigenvalue weighted by Gasteiger charge is -2.18. The monoisotopic (exact) mass is 353 g/mol. The molecule has 1 atom stereocenters. The molecular weight excluding hydrogens is 334 g/mol. The summed E-state index contributed by atoms with van der Waals surface area (Å²) in [6.07, 6.45) is -0.856. The number of urea groups is 1. The molecule has 0 aliphatic heterocycles. The Bertz CT molecular complexity index is 678. The number of carboxylic acid groups (broad SMARTS) is 1. The van der Waals surface area contributed by atoms with Crippen LogP contribution in [0.25, 0.3) is 0 Å². The number of nitrogens with one attached hydrogen (secondary N) is 2. The quantitative estimate of drug-likeness (QED) is 0.160. The summed E-state index contributed by atoms with van der Waals surface area (Å²) >= 11 is 0. The van der Waals surface area contributed by atoms with Crippen molar-refractivity contribution in [2.45, 2.75) is 18.9 Å². The number of primary amides is 2. The van der Waals surface area contributed by atoms with Crippen molar-refractivity contribution in [2.24, 2.45) is 11.5 Å². The minimum absolute atomic E-state index is 0.0708. The Morgan fingerprint density at radius 1 is 1.20 bits per heavy atom. The lowest BCUT2D eigenvalue weighted by atomic mass is 10.1. The number of benzene rings is 1. The van der Waals surface area contributed by atoms with Crippen molar-refractivity contribution in [1.29, 1.82) is 0 Å². The number of nitrogen functional groups attached to an aromatic ring is 1. The zero-order chi connectivity index (χ0) is 19.0. The smallest absolute Gasteiger partial charge is 0.412 e. The Balaban J connectivity index is 2.90. The number of amides is 3. The Hall–Kier alpha value is -3.50. The van der Waals surface area contributed by atoms with Crippen LogP contribution in [0.5, 0.6) is 0 Å². The van der Waals surface area contributed by atoms with Gasteiger partial charge in [0, 0.05) is 12.2 Å². The highest BCUT2D eigenvalue weighted by molar-refractivity contribution is 6.01. The van der Waals surface area contributed by atoms with E-state index in [-0.39, 0.29) is 29.9 Å². The number of aliphatic carboxylic acids is 1. The van der Waals surface area contributed by atoms with E-state index in [2.05, 4.69) is 15.4 Å². The third-order valence-corrected chi connectivity index (χ3v) is 3.05. The van der Waals surface area contributed by atoms with Gasteiger partial charge in [-0.1, -0.05) is 0 Å². The third kappa shape index (κ3) is 6.64. The number of ether oxygens (including phenoxy) is 1. The second-order valence-electron chi connectivity index (χ2n) is 4.98. The molecule has 0 aromatic heterocycles. The minimum Gasteiger partial charge on any atom is -0.480 e. The molecule has 0 radical (unpaired) electrons. The number of rotatable bonds is 8. The Labute approximate surface area is 142 Å². The Kier molecular flexibility index (Phi) is 7.00. The SMILES string of the molecule is NC(=O)NCCC[C@H](Nc1cc(N)ccc1C(=O)OC(N)=O)C(=O)O. The van der Waals surface area contributed by atoms with Crippen LogP contribution < -0.4 is 27.8 Å². The van der Waals surface area contributed by atoms with E-state index < -0.39 is 30.1 Å². The summed E-state index contributed by atoms with van der Waals surface area (Å²) in [6, 6.07) is 2.19. The van der Waals surface area contributed by atoms with E-state index in [1.807, 2.05) is 0 Å². The molecule has 25 heavy (non-hydrogen) atoms. The van der Waals surface area contributed by atoms with Gasteiger partial charge in [-0.3, -0.25) is 0 Å². The van der Waals surface area contributed by atoms with E-state index in [9.17, 15) is 24.3 Å². The average Bonchev–Trinajstić information content (AvgIpc) is 2.49. The number of anilines is 2. The van der Waals surface area contributed by atoms with E-state index in [1.165, 1.54) is 18.2 Å². The summed E-state index contributed by atoms with van der Waals surface area (Å²) < 4.78 is 4.29. The number of carbonyl (C=O) groups is 4. The molecule has 0 bridgehead atoms. The lowest BCUT2D eigenvalue weighted by Crippen LogP contribution is -2.33. The van der Waals surface area contributed by atoms with Crippen LogP contribution in [-0.2, 0) is 9.53 Å². The normalized spacial score (nSPS) is 11.2. The summed E-state index contributed by atoms with van der Waals surface area (Å²) in [5, 5.41) is 14.3. The lowest BCUT2D eigenvalue weighted by molar-refractivity contribution is -0.138. The highest BCUT2D eigenvalue weighted by Gasteiger charge is 2.22. The number of carboxylic acids is 1. The highest BCUT2D eigenvalue weighted by Crippen LogP contribution is 2.22. The molecule has 1 aromatic carbocycles. The van der Waals surface area contributed by atoms with Gasteiger partial charge < -0.3 is 37.7 Å². The number of carbonyl (C=O) groups excluding carboxylic acids is 3. The molecule has 3 amide bonds. The standard InChI is InChI=1S/C14H19N5O6/c15-7-3-4-8(12(22)25-14(17)24)10(6-7)19-9(11(20)21)2-1-5-18-13(16)23/h3-4,6,9,19H,1-2,5,15H2,(H2,17,24)(H,20,21)(H3,16,18,23)/t9-/m0/s1. The van der Waals surface area contributed by atoms with Crippen LogP contribution in [-0.4, -0.2) is 41.8 Å². The van der Waals surface area contributed by atoms with Gasteiger partial charge in [-0.2, -0.15) is 0 Å². The second-order valence-corrected chi connectivity index (χ2v) is 4.98. The van der Waals surface area contributed by atoms with Crippen LogP contribution in [0.4, 0.5) is 21.0 Å². The molecule has 136 valence electrons. The number of esters is 1. The molecule has 9 N–H and O–H groups in total. The first kappa shape index (κ1) is 19.5. The first-order chi connectivity index (χ1) is 11.7. The van der Waals surface area contributed by atoms with E-state index in [1.54, 1.807) is 0 Å². The van der Waals surface area contributed by atoms with Crippen molar-refractivity contribution in [3.8, 4) is 0 Å². The summed E-state index contributed by atoms with van der Waals surface area (Å²) in [6.45, 7) is 0.189. The molecule has 0 spiro atoms. The van der Waals surface area contributed by atoms with E-state index >= 15 is 0 Å². The fourth-order valence-corrected chi connectivity index (χ4v) is 1.97. The van der Waals surface area contributed by atoms with Gasteiger partial charge in [-0.05, 0) is 31.0 Å². The Morgan fingerprint density at radius 2 is 1.88 bits per heavy atom.